The second-order valence-corrected chi connectivity index (χ2v) is 3.12. The molecule has 0 aliphatic carbocycles. The summed E-state index contributed by atoms with van der Waals surface area (Å²) in [5.74, 6) is -0.773. The number of benzene rings is 1. The molecule has 0 radical (unpaired) electrons. The molecule has 0 saturated heterocycles. The van der Waals surface area contributed by atoms with Gasteiger partial charge in [-0.2, -0.15) is 5.48 Å². The number of hydrogen-bond acceptors (Lipinski definition) is 2. The summed E-state index contributed by atoms with van der Waals surface area (Å²) in [6.07, 6.45) is 0. The zero-order valence-electron chi connectivity index (χ0n) is 8.45. The molecule has 0 fully saturated rings. The monoisotopic (exact) mass is 201 g/mol. The summed E-state index contributed by atoms with van der Waals surface area (Å²) in [4.78, 5) is 4.60. The minimum atomic E-state index is -0.392. The fourth-order valence-corrected chi connectivity index (χ4v) is 1.26. The predicted octanol–water partition coefficient (Wildman–Crippen LogP) is 2.23. The highest BCUT2D eigenvalue weighted by atomic mass is 19.1. The first-order valence-electron chi connectivity index (χ1n) is 4.27. The van der Waals surface area contributed by atoms with Gasteiger partial charge in [0, 0.05) is 12.1 Å². The van der Waals surface area contributed by atoms with Gasteiger partial charge in [-0.05, 0) is 31.0 Å². The van der Waals surface area contributed by atoms with E-state index in [2.05, 4.69) is 10.3 Å². The number of hydrogen-bond donors (Lipinski definition) is 1. The van der Waals surface area contributed by atoms with E-state index in [9.17, 15) is 8.78 Å². The lowest BCUT2D eigenvalue weighted by Gasteiger charge is -2.10. The van der Waals surface area contributed by atoms with Crippen LogP contribution in [0, 0.1) is 25.5 Å². The number of rotatable bonds is 3. The van der Waals surface area contributed by atoms with Crippen LogP contribution in [0.15, 0.2) is 6.07 Å². The van der Waals surface area contributed by atoms with Crippen LogP contribution in [-0.2, 0) is 11.4 Å². The number of nitrogens with one attached hydrogen (secondary N) is 1. The molecular formula is C10H13F2NO. The molecule has 4 heteroatoms. The van der Waals surface area contributed by atoms with Gasteiger partial charge in [-0.3, -0.25) is 0 Å². The quantitative estimate of drug-likeness (QED) is 0.757. The zero-order chi connectivity index (χ0) is 10.7. The van der Waals surface area contributed by atoms with Gasteiger partial charge in [0.05, 0.1) is 7.11 Å². The van der Waals surface area contributed by atoms with Gasteiger partial charge >= 0.3 is 0 Å². The van der Waals surface area contributed by atoms with Crippen molar-refractivity contribution in [2.45, 2.75) is 20.4 Å². The van der Waals surface area contributed by atoms with Gasteiger partial charge in [0.15, 0.2) is 0 Å². The van der Waals surface area contributed by atoms with E-state index >= 15 is 0 Å². The van der Waals surface area contributed by atoms with Crippen LogP contribution in [0.2, 0.25) is 0 Å². The van der Waals surface area contributed by atoms with Crippen LogP contribution in [0.3, 0.4) is 0 Å². The molecule has 0 heterocycles. The minimum Gasteiger partial charge on any atom is -0.305 e. The van der Waals surface area contributed by atoms with Crippen molar-refractivity contribution in [3.8, 4) is 0 Å². The minimum absolute atomic E-state index is 0.159. The molecule has 1 aromatic carbocycles. The van der Waals surface area contributed by atoms with Crippen molar-refractivity contribution in [2.24, 2.45) is 0 Å². The molecule has 0 atom stereocenters. The number of hydroxylamine groups is 1. The average molecular weight is 201 g/mol. The van der Waals surface area contributed by atoms with E-state index in [-0.39, 0.29) is 12.4 Å². The highest BCUT2D eigenvalue weighted by molar-refractivity contribution is 5.33. The van der Waals surface area contributed by atoms with E-state index in [0.29, 0.717) is 16.7 Å². The van der Waals surface area contributed by atoms with Crippen molar-refractivity contribution in [3.63, 3.8) is 0 Å². The predicted molar refractivity (Wildman–Crippen MR) is 49.7 cm³/mol. The van der Waals surface area contributed by atoms with Gasteiger partial charge in [0.2, 0.25) is 0 Å². The standard InChI is InChI=1S/C10H13F2NO/c1-6-4-9(11)7(2)8(10(6)12)5-13-14-3/h4,13H,5H2,1-3H3. The number of halogens is 2. The second-order valence-electron chi connectivity index (χ2n) is 3.12. The molecule has 14 heavy (non-hydrogen) atoms. The Morgan fingerprint density at radius 3 is 2.57 bits per heavy atom. The maximum Gasteiger partial charge on any atom is 0.131 e. The van der Waals surface area contributed by atoms with Crippen molar-refractivity contribution >= 4 is 0 Å². The summed E-state index contributed by atoms with van der Waals surface area (Å²) in [6.45, 7) is 3.24. The summed E-state index contributed by atoms with van der Waals surface area (Å²) in [7, 11) is 1.43. The molecule has 1 aromatic rings. The summed E-state index contributed by atoms with van der Waals surface area (Å²) in [6, 6.07) is 1.20. The van der Waals surface area contributed by atoms with Gasteiger partial charge in [-0.15, -0.1) is 0 Å². The Hall–Kier alpha value is -1.00. The Balaban J connectivity index is 3.11. The molecule has 1 N–H and O–H groups in total. The topological polar surface area (TPSA) is 21.3 Å². The van der Waals surface area contributed by atoms with Gasteiger partial charge in [-0.25, -0.2) is 8.78 Å². The Kier molecular flexibility index (Phi) is 3.55. The van der Waals surface area contributed by atoms with Crippen molar-refractivity contribution in [1.82, 2.24) is 5.48 Å². The van der Waals surface area contributed by atoms with E-state index < -0.39 is 5.82 Å². The lowest BCUT2D eigenvalue weighted by atomic mass is 10.0. The molecule has 0 aliphatic rings. The zero-order valence-corrected chi connectivity index (χ0v) is 8.45. The SMILES string of the molecule is CONCc1c(C)c(F)cc(C)c1F. The molecule has 0 spiro atoms. The molecule has 0 aromatic heterocycles. The summed E-state index contributed by atoms with van der Waals surface area (Å²) in [5.41, 5.74) is 3.43. The number of aryl methyl sites for hydroxylation is 1. The fraction of sp³-hybridized carbons (Fsp3) is 0.400. The van der Waals surface area contributed by atoms with Crippen molar-refractivity contribution in [1.29, 1.82) is 0 Å². The highest BCUT2D eigenvalue weighted by Crippen LogP contribution is 2.19. The molecule has 0 aliphatic heterocycles. The Morgan fingerprint density at radius 1 is 1.36 bits per heavy atom. The molecule has 1 rings (SSSR count). The smallest absolute Gasteiger partial charge is 0.131 e. The largest absolute Gasteiger partial charge is 0.305 e. The van der Waals surface area contributed by atoms with Crippen LogP contribution >= 0.6 is 0 Å². The van der Waals surface area contributed by atoms with Crippen molar-refractivity contribution in [2.75, 3.05) is 7.11 Å². The van der Waals surface area contributed by atoms with E-state index in [1.165, 1.54) is 20.1 Å². The van der Waals surface area contributed by atoms with E-state index in [4.69, 9.17) is 0 Å². The van der Waals surface area contributed by atoms with E-state index in [1.807, 2.05) is 0 Å². The molecule has 2 nitrogen and oxygen atoms in total. The molecule has 0 bridgehead atoms. The van der Waals surface area contributed by atoms with Gasteiger partial charge in [0.25, 0.3) is 0 Å². The summed E-state index contributed by atoms with van der Waals surface area (Å²) in [5, 5.41) is 0. The van der Waals surface area contributed by atoms with Crippen LogP contribution < -0.4 is 5.48 Å². The Morgan fingerprint density at radius 2 is 2.00 bits per heavy atom. The third kappa shape index (κ3) is 2.08. The summed E-state index contributed by atoms with van der Waals surface area (Å²) < 4.78 is 26.7. The summed E-state index contributed by atoms with van der Waals surface area (Å²) >= 11 is 0. The third-order valence-electron chi connectivity index (χ3n) is 2.16. The lowest BCUT2D eigenvalue weighted by Crippen LogP contribution is -2.14. The van der Waals surface area contributed by atoms with Gasteiger partial charge < -0.3 is 4.84 Å². The van der Waals surface area contributed by atoms with Crippen LogP contribution in [0.4, 0.5) is 8.78 Å². The molecular weight excluding hydrogens is 188 g/mol. The van der Waals surface area contributed by atoms with Crippen LogP contribution in [-0.4, -0.2) is 7.11 Å². The average Bonchev–Trinajstić information content (AvgIpc) is 2.15. The van der Waals surface area contributed by atoms with Crippen LogP contribution in [0.1, 0.15) is 16.7 Å². The molecule has 0 saturated carbocycles. The van der Waals surface area contributed by atoms with Gasteiger partial charge in [0.1, 0.15) is 11.6 Å². The maximum absolute atomic E-state index is 13.5. The molecule has 0 amide bonds. The first-order chi connectivity index (χ1) is 6.57. The Labute approximate surface area is 81.8 Å². The first kappa shape index (κ1) is 11.1. The third-order valence-corrected chi connectivity index (χ3v) is 2.16. The van der Waals surface area contributed by atoms with Crippen molar-refractivity contribution in [3.05, 3.63) is 34.4 Å². The first-order valence-corrected chi connectivity index (χ1v) is 4.27. The van der Waals surface area contributed by atoms with Crippen molar-refractivity contribution < 1.29 is 13.6 Å². The highest BCUT2D eigenvalue weighted by Gasteiger charge is 2.12. The van der Waals surface area contributed by atoms with E-state index in [0.717, 1.165) is 0 Å². The fourth-order valence-electron chi connectivity index (χ4n) is 1.26. The normalized spacial score (nSPS) is 10.6. The maximum atomic E-state index is 13.5. The van der Waals surface area contributed by atoms with Crippen LogP contribution in [0.5, 0.6) is 0 Å². The van der Waals surface area contributed by atoms with E-state index in [1.54, 1.807) is 6.92 Å². The van der Waals surface area contributed by atoms with Crippen LogP contribution in [0.25, 0.3) is 0 Å². The lowest BCUT2D eigenvalue weighted by molar-refractivity contribution is 0.0856. The molecule has 0 unspecified atom stereocenters. The van der Waals surface area contributed by atoms with Gasteiger partial charge in [-0.1, -0.05) is 0 Å². The Bertz CT molecular complexity index is 313. The second kappa shape index (κ2) is 4.48. The molecule has 78 valence electrons.